The van der Waals surface area contributed by atoms with Crippen LogP contribution in [0.2, 0.25) is 0 Å². The molecule has 8 heavy (non-hydrogen) atoms. The minimum absolute atomic E-state index is 0.0602. The molecule has 2 nitrogen and oxygen atoms in total. The lowest BCUT2D eigenvalue weighted by molar-refractivity contribution is 0.845. The molecule has 0 aliphatic rings. The molecular formula is C5H10N2S. The van der Waals surface area contributed by atoms with Crippen molar-refractivity contribution < 1.29 is 0 Å². The molecule has 0 fully saturated rings. The van der Waals surface area contributed by atoms with E-state index in [-0.39, 0.29) is 6.04 Å². The summed E-state index contributed by atoms with van der Waals surface area (Å²) in [5, 5.41) is 3.27. The third-order valence-corrected chi connectivity index (χ3v) is 1.64. The van der Waals surface area contributed by atoms with Crippen LogP contribution in [-0.2, 0) is 0 Å². The van der Waals surface area contributed by atoms with E-state index in [2.05, 4.69) is 5.11 Å². The van der Waals surface area contributed by atoms with Crippen LogP contribution in [0.15, 0.2) is 5.11 Å². The van der Waals surface area contributed by atoms with Crippen LogP contribution in [0.25, 0.3) is 0 Å². The molecule has 0 radical (unpaired) electrons. The van der Waals surface area contributed by atoms with E-state index in [4.69, 9.17) is 17.7 Å². The van der Waals surface area contributed by atoms with Gasteiger partial charge in [0.1, 0.15) is 0 Å². The highest BCUT2D eigenvalue weighted by atomic mass is 32.1. The third-order valence-electron chi connectivity index (χ3n) is 1.01. The van der Waals surface area contributed by atoms with Gasteiger partial charge in [0.05, 0.1) is 6.04 Å². The van der Waals surface area contributed by atoms with Crippen LogP contribution in [0, 0.1) is 5.53 Å². The molecule has 0 bridgehead atoms. The Morgan fingerprint density at radius 2 is 2.38 bits per heavy atom. The molecule has 1 atom stereocenters. The van der Waals surface area contributed by atoms with Gasteiger partial charge in [-0.05, 0) is 13.3 Å². The van der Waals surface area contributed by atoms with Crippen molar-refractivity contribution in [3.63, 3.8) is 0 Å². The van der Waals surface area contributed by atoms with E-state index in [1.54, 1.807) is 0 Å². The fraction of sp³-hybridized carbons (Fsp3) is 0.800. The van der Waals surface area contributed by atoms with E-state index < -0.39 is 0 Å². The Morgan fingerprint density at radius 3 is 2.50 bits per heavy atom. The summed E-state index contributed by atoms with van der Waals surface area (Å²) in [7, 11) is 0. The van der Waals surface area contributed by atoms with Gasteiger partial charge in [0.2, 0.25) is 0 Å². The van der Waals surface area contributed by atoms with Crippen molar-refractivity contribution in [2.24, 2.45) is 5.11 Å². The van der Waals surface area contributed by atoms with Crippen molar-refractivity contribution in [3.05, 3.63) is 0 Å². The minimum atomic E-state index is -0.0602. The largest absolute Gasteiger partial charge is 0.209 e. The fourth-order valence-corrected chi connectivity index (χ4v) is 0.420. The summed E-state index contributed by atoms with van der Waals surface area (Å²) in [4.78, 5) is 0.861. The number of thiocarbonyl (C=S) groups is 1. The highest BCUT2D eigenvalue weighted by Crippen LogP contribution is 1.96. The first-order valence-corrected chi connectivity index (χ1v) is 3.02. The maximum absolute atomic E-state index is 6.58. The Kier molecular flexibility index (Phi) is 3.52. The summed E-state index contributed by atoms with van der Waals surface area (Å²) in [6.07, 6.45) is 0.846. The van der Waals surface area contributed by atoms with Gasteiger partial charge in [0, 0.05) is 4.86 Å². The first-order valence-electron chi connectivity index (χ1n) is 2.61. The van der Waals surface area contributed by atoms with Crippen molar-refractivity contribution in [1.29, 1.82) is 5.53 Å². The molecule has 0 rings (SSSR count). The van der Waals surface area contributed by atoms with Gasteiger partial charge >= 0.3 is 0 Å². The predicted octanol–water partition coefficient (Wildman–Crippen LogP) is 2.19. The van der Waals surface area contributed by atoms with Crippen LogP contribution in [0.4, 0.5) is 0 Å². The smallest absolute Gasteiger partial charge is 0.0988 e. The van der Waals surface area contributed by atoms with Gasteiger partial charge in [0.15, 0.2) is 0 Å². The van der Waals surface area contributed by atoms with Crippen LogP contribution >= 0.6 is 12.2 Å². The number of nitrogens with one attached hydrogen (secondary N) is 1. The lowest BCUT2D eigenvalue weighted by Crippen LogP contribution is -2.08. The van der Waals surface area contributed by atoms with Crippen LogP contribution in [0.1, 0.15) is 20.3 Å². The van der Waals surface area contributed by atoms with Crippen molar-refractivity contribution in [2.45, 2.75) is 26.3 Å². The normalized spacial score (nSPS) is 12.8. The Morgan fingerprint density at radius 1 is 1.88 bits per heavy atom. The topological polar surface area (TPSA) is 36.2 Å². The van der Waals surface area contributed by atoms with Crippen LogP contribution in [0.5, 0.6) is 0 Å². The summed E-state index contributed by atoms with van der Waals surface area (Å²) in [5.74, 6) is 0. The molecule has 46 valence electrons. The number of nitrogens with zero attached hydrogens (tertiary/aromatic N) is 1. The van der Waals surface area contributed by atoms with E-state index in [0.29, 0.717) is 0 Å². The van der Waals surface area contributed by atoms with Crippen LogP contribution < -0.4 is 0 Å². The molecule has 0 saturated heterocycles. The molecule has 0 aromatic heterocycles. The second kappa shape index (κ2) is 3.66. The molecule has 0 saturated carbocycles. The Balaban J connectivity index is 3.62. The molecular weight excluding hydrogens is 120 g/mol. The first-order chi connectivity index (χ1) is 3.72. The molecule has 0 spiro atoms. The van der Waals surface area contributed by atoms with Crippen molar-refractivity contribution in [2.75, 3.05) is 0 Å². The van der Waals surface area contributed by atoms with E-state index in [9.17, 15) is 0 Å². The third kappa shape index (κ3) is 2.12. The van der Waals surface area contributed by atoms with E-state index in [1.165, 1.54) is 0 Å². The molecule has 0 amide bonds. The zero-order valence-electron chi connectivity index (χ0n) is 5.14. The molecule has 0 aromatic rings. The van der Waals surface area contributed by atoms with E-state index >= 15 is 0 Å². The first kappa shape index (κ1) is 7.69. The zero-order chi connectivity index (χ0) is 6.57. The number of rotatable bonds is 3. The van der Waals surface area contributed by atoms with Gasteiger partial charge in [-0.1, -0.05) is 19.1 Å². The average molecular weight is 130 g/mol. The summed E-state index contributed by atoms with van der Waals surface area (Å²) >= 11 is 4.86. The minimum Gasteiger partial charge on any atom is -0.209 e. The van der Waals surface area contributed by atoms with Crippen molar-refractivity contribution >= 4 is 17.1 Å². The van der Waals surface area contributed by atoms with Gasteiger partial charge in [-0.25, -0.2) is 5.53 Å². The van der Waals surface area contributed by atoms with Crippen LogP contribution in [0.3, 0.4) is 0 Å². The zero-order valence-corrected chi connectivity index (χ0v) is 5.96. The van der Waals surface area contributed by atoms with Gasteiger partial charge in [-0.15, -0.1) is 0 Å². The summed E-state index contributed by atoms with van der Waals surface area (Å²) in [6.45, 7) is 3.81. The van der Waals surface area contributed by atoms with Gasteiger partial charge in [-0.2, -0.15) is 5.11 Å². The Hall–Kier alpha value is -0.310. The summed E-state index contributed by atoms with van der Waals surface area (Å²) < 4.78 is 0. The second-order valence-electron chi connectivity index (χ2n) is 1.62. The highest BCUT2D eigenvalue weighted by molar-refractivity contribution is 7.80. The second-order valence-corrected chi connectivity index (χ2v) is 2.15. The maximum atomic E-state index is 6.58. The molecule has 0 aromatic carbocycles. The van der Waals surface area contributed by atoms with Gasteiger partial charge in [0.25, 0.3) is 0 Å². The predicted molar refractivity (Wildman–Crippen MR) is 37.5 cm³/mol. The van der Waals surface area contributed by atoms with Crippen molar-refractivity contribution in [3.8, 4) is 0 Å². The highest BCUT2D eigenvalue weighted by Gasteiger charge is 2.01. The summed E-state index contributed by atoms with van der Waals surface area (Å²) in [6, 6.07) is -0.0602. The van der Waals surface area contributed by atoms with Gasteiger partial charge < -0.3 is 0 Å². The van der Waals surface area contributed by atoms with Gasteiger partial charge in [-0.3, -0.25) is 0 Å². The molecule has 1 N–H and O–H groups in total. The molecule has 0 heterocycles. The van der Waals surface area contributed by atoms with E-state index in [0.717, 1.165) is 11.3 Å². The quantitative estimate of drug-likeness (QED) is 0.461. The average Bonchev–Trinajstić information content (AvgIpc) is 1.84. The fourth-order valence-electron chi connectivity index (χ4n) is 0.367. The maximum Gasteiger partial charge on any atom is 0.0988 e. The standard InChI is InChI=1S/C5H10N2S/c1-3-5(8)4(2)7-6/h4,6H,3H2,1-2H3. The Labute approximate surface area is 54.8 Å². The van der Waals surface area contributed by atoms with Crippen molar-refractivity contribution in [1.82, 2.24) is 0 Å². The Bertz CT molecular complexity index is 101. The molecule has 1 unspecified atom stereocenters. The number of hydrogen-bond donors (Lipinski definition) is 1. The van der Waals surface area contributed by atoms with E-state index in [1.807, 2.05) is 13.8 Å². The van der Waals surface area contributed by atoms with Crippen LogP contribution in [-0.4, -0.2) is 10.9 Å². The molecule has 0 aliphatic carbocycles. The summed E-state index contributed by atoms with van der Waals surface area (Å²) in [5.41, 5.74) is 6.58. The lowest BCUT2D eigenvalue weighted by Gasteiger charge is -2.00. The number of hydrogen-bond acceptors (Lipinski definition) is 3. The SMILES string of the molecule is CCC(=S)C(C)N=N. The monoisotopic (exact) mass is 130 g/mol. The lowest BCUT2D eigenvalue weighted by atomic mass is 10.2. The molecule has 0 aliphatic heterocycles. The molecule has 3 heteroatoms.